The highest BCUT2D eigenvalue weighted by molar-refractivity contribution is 6.03. The van der Waals surface area contributed by atoms with Gasteiger partial charge in [0.15, 0.2) is 0 Å². The lowest BCUT2D eigenvalue weighted by Crippen LogP contribution is -2.34. The number of nitrogens with zero attached hydrogens (tertiary/aromatic N) is 1. The highest BCUT2D eigenvalue weighted by Crippen LogP contribution is 2.51. The van der Waals surface area contributed by atoms with Crippen molar-refractivity contribution in [3.8, 4) is 0 Å². The number of rotatable bonds is 1. The molecule has 2 aliphatic rings. The quantitative estimate of drug-likeness (QED) is 0.696. The third-order valence-electron chi connectivity index (χ3n) is 4.27. The first-order chi connectivity index (χ1) is 8.68. The average molecular weight is 245 g/mol. The fraction of sp³-hybridized carbons (Fsp3) is 0.400. The predicted octanol–water partition coefficient (Wildman–Crippen LogP) is 3.17. The van der Waals surface area contributed by atoms with E-state index in [9.17, 15) is 9.18 Å². The molecular weight excluding hydrogens is 229 g/mol. The van der Waals surface area contributed by atoms with Gasteiger partial charge in [0.2, 0.25) is 5.91 Å². The van der Waals surface area contributed by atoms with Crippen LogP contribution < -0.4 is 4.90 Å². The molecule has 0 radical (unpaired) electrons. The van der Waals surface area contributed by atoms with Gasteiger partial charge in [-0.1, -0.05) is 25.5 Å². The Balaban J connectivity index is 2.15. The molecule has 94 valence electrons. The van der Waals surface area contributed by atoms with Crippen LogP contribution in [0, 0.1) is 5.82 Å². The minimum absolute atomic E-state index is 0.134. The molecule has 0 saturated heterocycles. The van der Waals surface area contributed by atoms with Crippen LogP contribution in [0.4, 0.5) is 10.1 Å². The van der Waals surface area contributed by atoms with Crippen molar-refractivity contribution in [2.45, 2.75) is 31.1 Å². The Kier molecular flexibility index (Phi) is 2.51. The Morgan fingerprint density at radius 1 is 1.39 bits per heavy atom. The summed E-state index contributed by atoms with van der Waals surface area (Å²) in [7, 11) is 0. The van der Waals surface area contributed by atoms with Crippen LogP contribution in [0.5, 0.6) is 0 Å². The van der Waals surface area contributed by atoms with Crippen LogP contribution in [0.3, 0.4) is 0 Å². The van der Waals surface area contributed by atoms with Crippen LogP contribution in [0.25, 0.3) is 0 Å². The van der Waals surface area contributed by atoms with Crippen molar-refractivity contribution >= 4 is 11.6 Å². The van der Waals surface area contributed by atoms with E-state index >= 15 is 0 Å². The zero-order valence-electron chi connectivity index (χ0n) is 10.3. The van der Waals surface area contributed by atoms with Crippen molar-refractivity contribution in [3.63, 3.8) is 0 Å². The topological polar surface area (TPSA) is 20.3 Å². The molecule has 1 aliphatic carbocycles. The smallest absolute Gasteiger partial charge is 0.250 e. The molecule has 0 unspecified atom stereocenters. The number of benzene rings is 1. The van der Waals surface area contributed by atoms with Crippen LogP contribution in [0.1, 0.15) is 31.2 Å². The van der Waals surface area contributed by atoms with Crippen molar-refractivity contribution < 1.29 is 9.18 Å². The first kappa shape index (κ1) is 11.5. The monoisotopic (exact) mass is 245 g/mol. The van der Waals surface area contributed by atoms with Crippen LogP contribution in [-0.4, -0.2) is 12.5 Å². The summed E-state index contributed by atoms with van der Waals surface area (Å²) >= 11 is 0. The van der Waals surface area contributed by atoms with Gasteiger partial charge in [-0.2, -0.15) is 0 Å². The van der Waals surface area contributed by atoms with Crippen LogP contribution in [0.15, 0.2) is 30.9 Å². The fourth-order valence-corrected chi connectivity index (χ4v) is 3.50. The normalized spacial score (nSPS) is 20.2. The van der Waals surface area contributed by atoms with Crippen molar-refractivity contribution in [2.24, 2.45) is 0 Å². The van der Waals surface area contributed by atoms with E-state index in [4.69, 9.17) is 0 Å². The van der Waals surface area contributed by atoms with Crippen molar-refractivity contribution in [2.75, 3.05) is 11.4 Å². The number of carbonyl (C=O) groups is 1. The van der Waals surface area contributed by atoms with Crippen LogP contribution in [0.2, 0.25) is 0 Å². The molecule has 1 fully saturated rings. The molecule has 0 atom stereocenters. The van der Waals surface area contributed by atoms with Gasteiger partial charge in [0.25, 0.3) is 0 Å². The minimum Gasteiger partial charge on any atom is -0.308 e. The van der Waals surface area contributed by atoms with Crippen molar-refractivity contribution in [3.05, 3.63) is 42.2 Å². The molecule has 0 aromatic heterocycles. The van der Waals surface area contributed by atoms with Gasteiger partial charge < -0.3 is 4.90 Å². The minimum atomic E-state index is -0.172. The van der Waals surface area contributed by atoms with E-state index in [1.807, 2.05) is 6.07 Å². The van der Waals surface area contributed by atoms with E-state index in [0.29, 0.717) is 6.54 Å². The van der Waals surface area contributed by atoms with E-state index in [1.165, 1.54) is 12.1 Å². The summed E-state index contributed by atoms with van der Waals surface area (Å²) in [5.74, 6) is -0.306. The second-order valence-electron chi connectivity index (χ2n) is 5.25. The molecule has 0 N–H and O–H groups in total. The number of anilines is 1. The third kappa shape index (κ3) is 1.43. The van der Waals surface area contributed by atoms with Gasteiger partial charge in [-0.25, -0.2) is 4.39 Å². The maximum absolute atomic E-state index is 14.2. The summed E-state index contributed by atoms with van der Waals surface area (Å²) in [6.07, 6.45) is 5.49. The fourth-order valence-electron chi connectivity index (χ4n) is 3.50. The number of halogens is 1. The summed E-state index contributed by atoms with van der Waals surface area (Å²) < 4.78 is 14.2. The molecular formula is C15H16FNO. The second kappa shape index (κ2) is 3.94. The van der Waals surface area contributed by atoms with E-state index in [-0.39, 0.29) is 17.1 Å². The lowest BCUT2D eigenvalue weighted by Gasteiger charge is -2.24. The zero-order valence-corrected chi connectivity index (χ0v) is 10.3. The third-order valence-corrected chi connectivity index (χ3v) is 4.27. The Morgan fingerprint density at radius 2 is 2.11 bits per heavy atom. The lowest BCUT2D eigenvalue weighted by molar-refractivity contribution is -0.114. The molecule has 3 rings (SSSR count). The van der Waals surface area contributed by atoms with Crippen LogP contribution in [-0.2, 0) is 10.2 Å². The second-order valence-corrected chi connectivity index (χ2v) is 5.25. The molecule has 1 saturated carbocycles. The Morgan fingerprint density at radius 3 is 2.78 bits per heavy atom. The number of carbonyl (C=O) groups excluding carboxylic acids is 1. The standard InChI is InChI=1S/C15H16FNO/c1-2-13(18)17-10-15(8-3-4-9-15)14-11(16)6-5-7-12(14)17/h2,5-7H,1,3-4,8-10H2. The summed E-state index contributed by atoms with van der Waals surface area (Å²) in [6.45, 7) is 4.14. The summed E-state index contributed by atoms with van der Waals surface area (Å²) in [5, 5.41) is 0. The highest BCUT2D eigenvalue weighted by atomic mass is 19.1. The summed E-state index contributed by atoms with van der Waals surface area (Å²) in [5.41, 5.74) is 1.33. The highest BCUT2D eigenvalue weighted by Gasteiger charge is 2.47. The summed E-state index contributed by atoms with van der Waals surface area (Å²) in [6, 6.07) is 5.01. The predicted molar refractivity (Wildman–Crippen MR) is 69.1 cm³/mol. The number of hydrogen-bond donors (Lipinski definition) is 0. The largest absolute Gasteiger partial charge is 0.308 e. The van der Waals surface area contributed by atoms with Crippen molar-refractivity contribution in [1.82, 2.24) is 0 Å². The molecule has 1 heterocycles. The maximum Gasteiger partial charge on any atom is 0.250 e. The van der Waals surface area contributed by atoms with Gasteiger partial charge in [0, 0.05) is 17.5 Å². The molecule has 0 bridgehead atoms. The Labute approximate surface area is 106 Å². The van der Waals surface area contributed by atoms with Gasteiger partial charge in [0.05, 0.1) is 5.69 Å². The molecule has 1 aromatic rings. The van der Waals surface area contributed by atoms with E-state index in [0.717, 1.165) is 36.9 Å². The van der Waals surface area contributed by atoms with Gasteiger partial charge in [-0.3, -0.25) is 4.79 Å². The zero-order chi connectivity index (χ0) is 12.8. The molecule has 2 nitrogen and oxygen atoms in total. The lowest BCUT2D eigenvalue weighted by atomic mass is 9.80. The SMILES string of the molecule is C=CC(=O)N1CC2(CCCC2)c2c(F)cccc21. The Bertz CT molecular complexity index is 517. The molecule has 1 aliphatic heterocycles. The van der Waals surface area contributed by atoms with Gasteiger partial charge in [0.1, 0.15) is 5.82 Å². The van der Waals surface area contributed by atoms with Gasteiger partial charge in [-0.05, 0) is 31.1 Å². The number of fused-ring (bicyclic) bond motifs is 2. The molecule has 1 aromatic carbocycles. The average Bonchev–Trinajstić information content (AvgIpc) is 2.96. The van der Waals surface area contributed by atoms with Gasteiger partial charge in [-0.15, -0.1) is 0 Å². The van der Waals surface area contributed by atoms with Crippen molar-refractivity contribution in [1.29, 1.82) is 0 Å². The summed E-state index contributed by atoms with van der Waals surface area (Å²) in [4.78, 5) is 13.6. The first-order valence-corrected chi connectivity index (χ1v) is 6.41. The van der Waals surface area contributed by atoms with Gasteiger partial charge >= 0.3 is 0 Å². The first-order valence-electron chi connectivity index (χ1n) is 6.41. The number of amides is 1. The van der Waals surface area contributed by atoms with Crippen LogP contribution >= 0.6 is 0 Å². The van der Waals surface area contributed by atoms with E-state index < -0.39 is 0 Å². The number of hydrogen-bond acceptors (Lipinski definition) is 1. The molecule has 18 heavy (non-hydrogen) atoms. The van der Waals surface area contributed by atoms with E-state index in [2.05, 4.69) is 6.58 Å². The molecule has 1 spiro atoms. The van der Waals surface area contributed by atoms with E-state index in [1.54, 1.807) is 11.0 Å². The Hall–Kier alpha value is -1.64. The molecule has 1 amide bonds. The maximum atomic E-state index is 14.2. The molecule has 3 heteroatoms.